The van der Waals surface area contributed by atoms with Crippen molar-refractivity contribution in [3.8, 4) is 0 Å². The predicted octanol–water partition coefficient (Wildman–Crippen LogP) is 4.32. The summed E-state index contributed by atoms with van der Waals surface area (Å²) in [5.41, 5.74) is 3.10. The Hall–Kier alpha value is -1.88. The third-order valence-corrected chi connectivity index (χ3v) is 3.68. The fourth-order valence-corrected chi connectivity index (χ4v) is 2.63. The molecule has 0 heterocycles. The van der Waals surface area contributed by atoms with Crippen LogP contribution in [0.3, 0.4) is 0 Å². The van der Waals surface area contributed by atoms with Crippen molar-refractivity contribution in [1.82, 2.24) is 0 Å². The third-order valence-electron chi connectivity index (χ3n) is 3.02. The van der Waals surface area contributed by atoms with E-state index in [0.29, 0.717) is 13.0 Å². The number of nitrogens with one attached hydrogen (secondary N) is 1. The van der Waals surface area contributed by atoms with Gasteiger partial charge in [0, 0.05) is 28.3 Å². The highest BCUT2D eigenvalue weighted by atomic mass is 79.9. The Morgan fingerprint density at radius 2 is 2.00 bits per heavy atom. The molecule has 0 aliphatic heterocycles. The van der Waals surface area contributed by atoms with Crippen molar-refractivity contribution in [3.63, 3.8) is 0 Å². The van der Waals surface area contributed by atoms with Crippen LogP contribution in [0.2, 0.25) is 0 Å². The molecule has 0 unspecified atom stereocenters. The van der Waals surface area contributed by atoms with E-state index < -0.39 is 0 Å². The molecule has 0 saturated carbocycles. The van der Waals surface area contributed by atoms with Crippen LogP contribution in [-0.2, 0) is 6.42 Å². The number of hydrogen-bond acceptors (Lipinski definition) is 3. The standard InChI is InChI=1S/C15H15BrN2O2/c1-11-6-7-14(13(16)10-11)17-9-8-12-4-2-3-5-15(12)18(19)20/h2-7,10,17H,8-9H2,1H3. The third kappa shape index (κ3) is 3.57. The molecule has 2 rings (SSSR count). The van der Waals surface area contributed by atoms with Gasteiger partial charge in [-0.2, -0.15) is 0 Å². The number of rotatable bonds is 5. The first-order valence-electron chi connectivity index (χ1n) is 6.30. The molecule has 2 aromatic carbocycles. The number of anilines is 1. The van der Waals surface area contributed by atoms with Gasteiger partial charge in [0.25, 0.3) is 5.69 Å². The van der Waals surface area contributed by atoms with Crippen molar-refractivity contribution in [3.05, 3.63) is 68.2 Å². The van der Waals surface area contributed by atoms with Gasteiger partial charge in [-0.25, -0.2) is 0 Å². The van der Waals surface area contributed by atoms with Crippen LogP contribution in [0.15, 0.2) is 46.9 Å². The molecule has 2 aromatic rings. The molecule has 5 heteroatoms. The Kier molecular flexibility index (Phi) is 4.74. The van der Waals surface area contributed by atoms with E-state index >= 15 is 0 Å². The monoisotopic (exact) mass is 334 g/mol. The maximum Gasteiger partial charge on any atom is 0.272 e. The normalized spacial score (nSPS) is 10.3. The van der Waals surface area contributed by atoms with E-state index in [2.05, 4.69) is 21.2 Å². The minimum atomic E-state index is -0.336. The maximum atomic E-state index is 10.9. The van der Waals surface area contributed by atoms with Gasteiger partial charge in [-0.1, -0.05) is 24.3 Å². The van der Waals surface area contributed by atoms with E-state index in [1.807, 2.05) is 31.2 Å². The van der Waals surface area contributed by atoms with Crippen LogP contribution >= 0.6 is 15.9 Å². The van der Waals surface area contributed by atoms with Crippen molar-refractivity contribution >= 4 is 27.3 Å². The number of nitrogens with zero attached hydrogens (tertiary/aromatic N) is 1. The smallest absolute Gasteiger partial charge is 0.272 e. The first-order valence-corrected chi connectivity index (χ1v) is 7.09. The van der Waals surface area contributed by atoms with Gasteiger partial charge in [-0.3, -0.25) is 10.1 Å². The number of para-hydroxylation sites is 1. The highest BCUT2D eigenvalue weighted by Gasteiger charge is 2.11. The average molecular weight is 335 g/mol. The van der Waals surface area contributed by atoms with Gasteiger partial charge in [0.2, 0.25) is 0 Å². The fourth-order valence-electron chi connectivity index (χ4n) is 2.00. The van der Waals surface area contributed by atoms with Crippen LogP contribution in [0.25, 0.3) is 0 Å². The molecule has 0 fully saturated rings. The number of aryl methyl sites for hydroxylation is 1. The molecule has 4 nitrogen and oxygen atoms in total. The van der Waals surface area contributed by atoms with Gasteiger partial charge < -0.3 is 5.32 Å². The number of halogens is 1. The number of benzene rings is 2. The van der Waals surface area contributed by atoms with Crippen molar-refractivity contribution in [2.75, 3.05) is 11.9 Å². The summed E-state index contributed by atoms with van der Waals surface area (Å²) >= 11 is 3.50. The molecule has 0 saturated heterocycles. The molecular formula is C15H15BrN2O2. The predicted molar refractivity (Wildman–Crippen MR) is 84.2 cm³/mol. The molecule has 0 bridgehead atoms. The summed E-state index contributed by atoms with van der Waals surface area (Å²) in [6.07, 6.45) is 0.609. The number of hydrogen-bond donors (Lipinski definition) is 1. The van der Waals surface area contributed by atoms with Crippen molar-refractivity contribution < 1.29 is 4.92 Å². The van der Waals surface area contributed by atoms with Crippen molar-refractivity contribution in [1.29, 1.82) is 0 Å². The van der Waals surface area contributed by atoms with Crippen LogP contribution in [0.1, 0.15) is 11.1 Å². The van der Waals surface area contributed by atoms with Gasteiger partial charge in [-0.05, 0) is 47.0 Å². The SMILES string of the molecule is Cc1ccc(NCCc2ccccc2[N+](=O)[O-])c(Br)c1. The number of nitro benzene ring substituents is 1. The van der Waals surface area contributed by atoms with E-state index in [1.54, 1.807) is 12.1 Å². The lowest BCUT2D eigenvalue weighted by Crippen LogP contribution is -2.07. The minimum absolute atomic E-state index is 0.178. The second-order valence-electron chi connectivity index (χ2n) is 4.55. The molecule has 104 valence electrons. The molecule has 0 aliphatic carbocycles. The topological polar surface area (TPSA) is 55.2 Å². The lowest BCUT2D eigenvalue weighted by atomic mass is 10.1. The van der Waals surface area contributed by atoms with E-state index in [-0.39, 0.29) is 10.6 Å². The zero-order valence-corrected chi connectivity index (χ0v) is 12.7. The van der Waals surface area contributed by atoms with E-state index in [1.165, 1.54) is 11.6 Å². The summed E-state index contributed by atoms with van der Waals surface area (Å²) < 4.78 is 1.00. The van der Waals surface area contributed by atoms with Gasteiger partial charge in [0.1, 0.15) is 0 Å². The molecule has 0 aromatic heterocycles. The average Bonchev–Trinajstić information content (AvgIpc) is 2.41. The Labute approximate surface area is 126 Å². The lowest BCUT2D eigenvalue weighted by molar-refractivity contribution is -0.385. The zero-order chi connectivity index (χ0) is 14.5. The highest BCUT2D eigenvalue weighted by Crippen LogP contribution is 2.24. The van der Waals surface area contributed by atoms with Crippen LogP contribution in [0, 0.1) is 17.0 Å². The van der Waals surface area contributed by atoms with Crippen molar-refractivity contribution in [2.24, 2.45) is 0 Å². The summed E-state index contributed by atoms with van der Waals surface area (Å²) in [6, 6.07) is 12.9. The Morgan fingerprint density at radius 1 is 1.25 bits per heavy atom. The second-order valence-corrected chi connectivity index (χ2v) is 5.40. The van der Waals surface area contributed by atoms with Crippen LogP contribution < -0.4 is 5.32 Å². The van der Waals surface area contributed by atoms with E-state index in [0.717, 1.165) is 15.7 Å². The molecule has 20 heavy (non-hydrogen) atoms. The molecule has 0 radical (unpaired) electrons. The van der Waals surface area contributed by atoms with E-state index in [9.17, 15) is 10.1 Å². The molecule has 0 aliphatic rings. The van der Waals surface area contributed by atoms with Gasteiger partial charge >= 0.3 is 0 Å². The first-order chi connectivity index (χ1) is 9.58. The van der Waals surface area contributed by atoms with Crippen LogP contribution in [0.4, 0.5) is 11.4 Å². The van der Waals surface area contributed by atoms with Gasteiger partial charge in [-0.15, -0.1) is 0 Å². The van der Waals surface area contributed by atoms with Crippen LogP contribution in [-0.4, -0.2) is 11.5 Å². The van der Waals surface area contributed by atoms with Crippen molar-refractivity contribution in [2.45, 2.75) is 13.3 Å². The second kappa shape index (κ2) is 6.52. The van der Waals surface area contributed by atoms with E-state index in [4.69, 9.17) is 0 Å². The number of nitro groups is 1. The molecule has 0 atom stereocenters. The fraction of sp³-hybridized carbons (Fsp3) is 0.200. The highest BCUT2D eigenvalue weighted by molar-refractivity contribution is 9.10. The summed E-state index contributed by atoms with van der Waals surface area (Å²) in [4.78, 5) is 10.6. The molecule has 0 spiro atoms. The largest absolute Gasteiger partial charge is 0.384 e. The summed E-state index contributed by atoms with van der Waals surface area (Å²) in [5.74, 6) is 0. The maximum absolute atomic E-state index is 10.9. The molecular weight excluding hydrogens is 320 g/mol. The Balaban J connectivity index is 2.01. The zero-order valence-electron chi connectivity index (χ0n) is 11.1. The minimum Gasteiger partial charge on any atom is -0.384 e. The van der Waals surface area contributed by atoms with Crippen LogP contribution in [0.5, 0.6) is 0 Å². The first kappa shape index (κ1) is 14.5. The quantitative estimate of drug-likeness (QED) is 0.654. The van der Waals surface area contributed by atoms with Gasteiger partial charge in [0.05, 0.1) is 4.92 Å². The summed E-state index contributed by atoms with van der Waals surface area (Å²) in [7, 11) is 0. The lowest BCUT2D eigenvalue weighted by Gasteiger charge is -2.09. The Bertz CT molecular complexity index is 629. The van der Waals surface area contributed by atoms with Gasteiger partial charge in [0.15, 0.2) is 0 Å². The molecule has 0 amide bonds. The Morgan fingerprint density at radius 3 is 2.70 bits per heavy atom. The summed E-state index contributed by atoms with van der Waals surface area (Å²) in [6.45, 7) is 2.67. The molecule has 1 N–H and O–H groups in total. The summed E-state index contributed by atoms with van der Waals surface area (Å²) in [5, 5.41) is 14.2.